The third-order valence-corrected chi connectivity index (χ3v) is 5.91. The second kappa shape index (κ2) is 4.80. The van der Waals surface area contributed by atoms with Gasteiger partial charge in [-0.05, 0) is 18.2 Å². The van der Waals surface area contributed by atoms with Gasteiger partial charge in [0.05, 0.1) is 16.6 Å². The molecule has 0 N–H and O–H groups in total. The van der Waals surface area contributed by atoms with Gasteiger partial charge in [0.15, 0.2) is 5.58 Å². The van der Waals surface area contributed by atoms with E-state index in [-0.39, 0.29) is 11.4 Å². The van der Waals surface area contributed by atoms with Gasteiger partial charge in [-0.1, -0.05) is 5.16 Å². The maximum Gasteiger partial charge on any atom is 0.419 e. The predicted molar refractivity (Wildman–Crippen MR) is 79.3 cm³/mol. The van der Waals surface area contributed by atoms with Gasteiger partial charge in [-0.2, -0.15) is 4.31 Å². The van der Waals surface area contributed by atoms with E-state index in [0.29, 0.717) is 24.1 Å². The van der Waals surface area contributed by atoms with Gasteiger partial charge in [0.2, 0.25) is 10.0 Å². The Balaban J connectivity index is 1.77. The van der Waals surface area contributed by atoms with Crippen molar-refractivity contribution in [1.29, 1.82) is 0 Å². The van der Waals surface area contributed by atoms with Crippen molar-refractivity contribution >= 4 is 21.1 Å². The zero-order valence-corrected chi connectivity index (χ0v) is 13.0. The largest absolute Gasteiger partial charge is 0.419 e. The second-order valence-electron chi connectivity index (χ2n) is 5.42. The molecule has 0 radical (unpaired) electrons. The van der Waals surface area contributed by atoms with Crippen LogP contribution in [0, 0.1) is 0 Å². The van der Waals surface area contributed by atoms with Crippen LogP contribution in [0.3, 0.4) is 0 Å². The molecule has 9 heteroatoms. The molecule has 3 aromatic rings. The zero-order chi connectivity index (χ0) is 16.2. The third kappa shape index (κ3) is 2.12. The van der Waals surface area contributed by atoms with Crippen LogP contribution in [0.15, 0.2) is 43.0 Å². The Bertz CT molecular complexity index is 1060. The molecule has 0 amide bonds. The molecule has 0 bridgehead atoms. The number of nitrogens with zero attached hydrogens (tertiary/aromatic N) is 3. The van der Waals surface area contributed by atoms with Crippen LogP contribution in [-0.4, -0.2) is 29.0 Å². The lowest BCUT2D eigenvalue weighted by atomic mass is 10.1. The summed E-state index contributed by atoms with van der Waals surface area (Å²) in [4.78, 5) is 11.7. The number of fused-ring (bicyclic) bond motifs is 2. The molecule has 1 aliphatic heterocycles. The lowest BCUT2D eigenvalue weighted by Crippen LogP contribution is -2.35. The Labute approximate surface area is 130 Å². The smallest absolute Gasteiger partial charge is 0.408 e. The average Bonchev–Trinajstić information content (AvgIpc) is 3.11. The number of oxazole rings is 1. The molecule has 0 saturated heterocycles. The van der Waals surface area contributed by atoms with Crippen LogP contribution >= 0.6 is 0 Å². The Hall–Kier alpha value is -2.39. The molecule has 2 aromatic heterocycles. The van der Waals surface area contributed by atoms with Gasteiger partial charge in [-0.3, -0.25) is 4.57 Å². The van der Waals surface area contributed by atoms with E-state index >= 15 is 0 Å². The van der Waals surface area contributed by atoms with Crippen molar-refractivity contribution in [3.63, 3.8) is 0 Å². The van der Waals surface area contributed by atoms with Gasteiger partial charge < -0.3 is 8.94 Å². The summed E-state index contributed by atoms with van der Waals surface area (Å²) in [5, 5.41) is 3.70. The lowest BCUT2D eigenvalue weighted by molar-refractivity contribution is 0.331. The van der Waals surface area contributed by atoms with E-state index in [0.717, 1.165) is 11.3 Å². The van der Waals surface area contributed by atoms with E-state index in [2.05, 4.69) is 5.16 Å². The molecule has 120 valence electrons. The van der Waals surface area contributed by atoms with Crippen molar-refractivity contribution < 1.29 is 17.4 Å². The number of rotatable bonds is 2. The minimum absolute atomic E-state index is 0.126. The van der Waals surface area contributed by atoms with E-state index in [1.807, 2.05) is 0 Å². The fraction of sp³-hybridized carbons (Fsp3) is 0.286. The Kier molecular flexibility index (Phi) is 2.97. The number of benzene rings is 1. The van der Waals surface area contributed by atoms with Gasteiger partial charge >= 0.3 is 5.76 Å². The van der Waals surface area contributed by atoms with E-state index in [1.54, 1.807) is 6.20 Å². The maximum atomic E-state index is 12.8. The van der Waals surface area contributed by atoms with Crippen molar-refractivity contribution in [2.75, 3.05) is 6.54 Å². The topological polar surface area (TPSA) is 98.5 Å². The van der Waals surface area contributed by atoms with Crippen molar-refractivity contribution in [2.45, 2.75) is 17.9 Å². The maximum absolute atomic E-state index is 12.8. The summed E-state index contributed by atoms with van der Waals surface area (Å²) in [7, 11) is -2.14. The van der Waals surface area contributed by atoms with Crippen LogP contribution in [0.2, 0.25) is 0 Å². The molecule has 4 rings (SSSR count). The molecule has 1 aliphatic rings. The number of sulfonamides is 1. The standard InChI is InChI=1S/C14H13N3O5S/c1-16-11-6-10(2-3-13(11)21-14(16)18)23(19,20)17-5-4-12-9(8-17)7-15-22-12/h2-3,6-7H,4-5,8H2,1H3. The normalized spacial score (nSPS) is 15.9. The fourth-order valence-electron chi connectivity index (χ4n) is 2.74. The van der Waals surface area contributed by atoms with Crippen LogP contribution in [-0.2, 0) is 30.0 Å². The van der Waals surface area contributed by atoms with Crippen molar-refractivity contribution in [1.82, 2.24) is 14.0 Å². The minimum atomic E-state index is -3.67. The van der Waals surface area contributed by atoms with Crippen molar-refractivity contribution in [2.24, 2.45) is 7.05 Å². The van der Waals surface area contributed by atoms with Crippen molar-refractivity contribution in [3.8, 4) is 0 Å². The van der Waals surface area contributed by atoms with Gasteiger partial charge in [0, 0.05) is 32.1 Å². The van der Waals surface area contributed by atoms with Gasteiger partial charge in [0.1, 0.15) is 5.76 Å². The summed E-state index contributed by atoms with van der Waals surface area (Å²) in [5.74, 6) is 0.200. The molecule has 0 fully saturated rings. The highest BCUT2D eigenvalue weighted by atomic mass is 32.2. The Morgan fingerprint density at radius 1 is 1.30 bits per heavy atom. The molecule has 1 aromatic carbocycles. The van der Waals surface area contributed by atoms with Gasteiger partial charge in [-0.15, -0.1) is 0 Å². The lowest BCUT2D eigenvalue weighted by Gasteiger charge is -2.24. The zero-order valence-electron chi connectivity index (χ0n) is 12.2. The molecule has 0 spiro atoms. The van der Waals surface area contributed by atoms with Gasteiger partial charge in [-0.25, -0.2) is 13.2 Å². The minimum Gasteiger partial charge on any atom is -0.408 e. The van der Waals surface area contributed by atoms with Gasteiger partial charge in [0.25, 0.3) is 0 Å². The quantitative estimate of drug-likeness (QED) is 0.689. The molecule has 23 heavy (non-hydrogen) atoms. The van der Waals surface area contributed by atoms with Crippen LogP contribution in [0.25, 0.3) is 11.1 Å². The van der Waals surface area contributed by atoms with E-state index < -0.39 is 15.8 Å². The highest BCUT2D eigenvalue weighted by Gasteiger charge is 2.30. The first-order valence-electron chi connectivity index (χ1n) is 6.99. The second-order valence-corrected chi connectivity index (χ2v) is 7.36. The highest BCUT2D eigenvalue weighted by Crippen LogP contribution is 2.26. The first kappa shape index (κ1) is 14.2. The molecule has 0 atom stereocenters. The molecular formula is C14H13N3O5S. The molecule has 0 unspecified atom stereocenters. The Morgan fingerprint density at radius 2 is 2.13 bits per heavy atom. The molecule has 8 nitrogen and oxygen atoms in total. The summed E-state index contributed by atoms with van der Waals surface area (Å²) in [6.45, 7) is 0.552. The molecular weight excluding hydrogens is 322 g/mol. The summed E-state index contributed by atoms with van der Waals surface area (Å²) in [5.41, 5.74) is 1.58. The summed E-state index contributed by atoms with van der Waals surface area (Å²) in [6.07, 6.45) is 2.03. The first-order valence-corrected chi connectivity index (χ1v) is 8.43. The number of aromatic nitrogens is 2. The number of hydrogen-bond donors (Lipinski definition) is 0. The Morgan fingerprint density at radius 3 is 2.96 bits per heavy atom. The molecule has 0 saturated carbocycles. The monoisotopic (exact) mass is 335 g/mol. The van der Waals surface area contributed by atoms with Crippen LogP contribution in [0.5, 0.6) is 0 Å². The summed E-state index contributed by atoms with van der Waals surface area (Å²) in [6, 6.07) is 4.40. The van der Waals surface area contributed by atoms with Crippen LogP contribution in [0.1, 0.15) is 11.3 Å². The van der Waals surface area contributed by atoms with E-state index in [4.69, 9.17) is 8.94 Å². The number of hydrogen-bond acceptors (Lipinski definition) is 6. The highest BCUT2D eigenvalue weighted by molar-refractivity contribution is 7.89. The third-order valence-electron chi connectivity index (χ3n) is 4.07. The van der Waals surface area contributed by atoms with E-state index in [1.165, 1.54) is 34.1 Å². The SMILES string of the molecule is Cn1c(=O)oc2ccc(S(=O)(=O)N3CCc4oncc4C3)cc21. The first-order chi connectivity index (χ1) is 11.0. The van der Waals surface area contributed by atoms with E-state index in [9.17, 15) is 13.2 Å². The predicted octanol–water partition coefficient (Wildman–Crippen LogP) is 0.866. The molecule has 0 aliphatic carbocycles. The average molecular weight is 335 g/mol. The fourth-order valence-corrected chi connectivity index (χ4v) is 4.18. The number of aryl methyl sites for hydroxylation is 1. The summed E-state index contributed by atoms with van der Waals surface area (Å²) < 4.78 is 38.4. The summed E-state index contributed by atoms with van der Waals surface area (Å²) >= 11 is 0. The van der Waals surface area contributed by atoms with Crippen LogP contribution < -0.4 is 5.76 Å². The van der Waals surface area contributed by atoms with Crippen LogP contribution in [0.4, 0.5) is 0 Å². The van der Waals surface area contributed by atoms with Crippen molar-refractivity contribution in [3.05, 3.63) is 46.3 Å². The molecule has 3 heterocycles.